The molecule has 26 heavy (non-hydrogen) atoms. The zero-order valence-electron chi connectivity index (χ0n) is 13.7. The average Bonchev–Trinajstić information content (AvgIpc) is 3.05. The predicted molar refractivity (Wildman–Crippen MR) is 99.1 cm³/mol. The number of anilines is 1. The van der Waals surface area contributed by atoms with E-state index in [9.17, 15) is 14.4 Å². The molecule has 0 aliphatic carbocycles. The van der Waals surface area contributed by atoms with E-state index in [4.69, 9.17) is 27.9 Å². The maximum atomic E-state index is 12.2. The van der Waals surface area contributed by atoms with Crippen molar-refractivity contribution in [3.8, 4) is 0 Å². The van der Waals surface area contributed by atoms with Gasteiger partial charge in [-0.25, -0.2) is 4.79 Å². The summed E-state index contributed by atoms with van der Waals surface area (Å²) in [6, 6.07) is 11.1. The largest absolute Gasteiger partial charge is 0.454 e. The molecule has 134 valence electrons. The minimum atomic E-state index is -0.695. The van der Waals surface area contributed by atoms with Gasteiger partial charge < -0.3 is 9.64 Å². The Balaban J connectivity index is 1.61. The van der Waals surface area contributed by atoms with E-state index in [-0.39, 0.29) is 22.3 Å². The van der Waals surface area contributed by atoms with E-state index in [0.29, 0.717) is 23.6 Å². The summed E-state index contributed by atoms with van der Waals surface area (Å²) in [6.07, 6.45) is 1.38. The van der Waals surface area contributed by atoms with Crippen LogP contribution in [0.4, 0.5) is 5.69 Å². The summed E-state index contributed by atoms with van der Waals surface area (Å²) in [5.41, 5.74) is 1.30. The Morgan fingerprint density at radius 3 is 2.42 bits per heavy atom. The first-order chi connectivity index (χ1) is 12.5. The molecule has 3 rings (SSSR count). The van der Waals surface area contributed by atoms with Gasteiger partial charge in [0.1, 0.15) is 0 Å². The highest BCUT2D eigenvalue weighted by molar-refractivity contribution is 6.36. The van der Waals surface area contributed by atoms with E-state index in [0.717, 1.165) is 12.1 Å². The lowest BCUT2D eigenvalue weighted by Crippen LogP contribution is -2.23. The van der Waals surface area contributed by atoms with Crippen LogP contribution in [-0.4, -0.2) is 30.8 Å². The average molecular weight is 392 g/mol. The molecule has 7 heteroatoms. The fourth-order valence-electron chi connectivity index (χ4n) is 2.70. The summed E-state index contributed by atoms with van der Waals surface area (Å²) in [5.74, 6) is -0.958. The summed E-state index contributed by atoms with van der Waals surface area (Å²) in [5, 5.41) is 0.564. The molecule has 0 spiro atoms. The van der Waals surface area contributed by atoms with Gasteiger partial charge in [0, 0.05) is 29.2 Å². The molecule has 0 unspecified atom stereocenters. The standard InChI is InChI=1S/C19H15Cl2NO4/c20-13-5-8-15(16(21)10-13)19(25)26-11-17(23)12-3-6-14(7-4-12)22-9-1-2-18(22)24/h3-8,10H,1-2,9,11H2. The van der Waals surface area contributed by atoms with E-state index in [1.807, 2.05) is 0 Å². The highest BCUT2D eigenvalue weighted by Crippen LogP contribution is 2.23. The minimum Gasteiger partial charge on any atom is -0.454 e. The Labute approximate surface area is 160 Å². The van der Waals surface area contributed by atoms with Gasteiger partial charge in [0.25, 0.3) is 0 Å². The molecule has 1 saturated heterocycles. The van der Waals surface area contributed by atoms with E-state index in [2.05, 4.69) is 0 Å². The number of nitrogens with zero attached hydrogens (tertiary/aromatic N) is 1. The third-order valence-electron chi connectivity index (χ3n) is 4.06. The molecule has 1 heterocycles. The Morgan fingerprint density at radius 1 is 1.08 bits per heavy atom. The van der Waals surface area contributed by atoms with Gasteiger partial charge in [-0.3, -0.25) is 9.59 Å². The molecule has 1 amide bonds. The number of rotatable bonds is 5. The number of hydrogen-bond donors (Lipinski definition) is 0. The number of benzene rings is 2. The van der Waals surface area contributed by atoms with Crippen LogP contribution in [0.15, 0.2) is 42.5 Å². The molecule has 0 N–H and O–H groups in total. The van der Waals surface area contributed by atoms with Crippen molar-refractivity contribution in [3.63, 3.8) is 0 Å². The van der Waals surface area contributed by atoms with Crippen LogP contribution in [0.1, 0.15) is 33.6 Å². The van der Waals surface area contributed by atoms with Gasteiger partial charge in [-0.1, -0.05) is 23.2 Å². The molecule has 2 aromatic carbocycles. The van der Waals surface area contributed by atoms with Gasteiger partial charge >= 0.3 is 5.97 Å². The molecule has 1 fully saturated rings. The van der Waals surface area contributed by atoms with Crippen LogP contribution in [0, 0.1) is 0 Å². The fourth-order valence-corrected chi connectivity index (χ4v) is 3.18. The number of carbonyl (C=O) groups is 3. The number of ether oxygens (including phenoxy) is 1. The molecular formula is C19H15Cl2NO4. The highest BCUT2D eigenvalue weighted by Gasteiger charge is 2.22. The zero-order chi connectivity index (χ0) is 18.7. The molecule has 0 aromatic heterocycles. The van der Waals surface area contributed by atoms with Gasteiger partial charge in [-0.15, -0.1) is 0 Å². The molecule has 0 bridgehead atoms. The quantitative estimate of drug-likeness (QED) is 0.566. The third kappa shape index (κ3) is 4.06. The van der Waals surface area contributed by atoms with Crippen molar-refractivity contribution in [2.45, 2.75) is 12.8 Å². The number of Topliss-reactive ketones (excluding diaryl/α,β-unsaturated/α-hetero) is 1. The zero-order valence-corrected chi connectivity index (χ0v) is 15.2. The molecule has 5 nitrogen and oxygen atoms in total. The third-order valence-corrected chi connectivity index (χ3v) is 4.61. The van der Waals surface area contributed by atoms with Crippen LogP contribution >= 0.6 is 23.2 Å². The number of hydrogen-bond acceptors (Lipinski definition) is 4. The second kappa shape index (κ2) is 7.89. The first-order valence-electron chi connectivity index (χ1n) is 8.01. The van der Waals surface area contributed by atoms with E-state index in [1.165, 1.54) is 18.2 Å². The molecule has 0 atom stereocenters. The lowest BCUT2D eigenvalue weighted by molar-refractivity contribution is -0.117. The van der Waals surface area contributed by atoms with Gasteiger partial charge in [0.2, 0.25) is 5.91 Å². The normalized spacial score (nSPS) is 13.8. The van der Waals surface area contributed by atoms with Crippen LogP contribution in [0.5, 0.6) is 0 Å². The maximum absolute atomic E-state index is 12.2. The molecule has 0 saturated carbocycles. The minimum absolute atomic E-state index is 0.0813. The number of amides is 1. The summed E-state index contributed by atoms with van der Waals surface area (Å²) in [7, 11) is 0. The van der Waals surface area contributed by atoms with E-state index < -0.39 is 12.6 Å². The summed E-state index contributed by atoms with van der Waals surface area (Å²) in [6.45, 7) is 0.283. The van der Waals surface area contributed by atoms with E-state index in [1.54, 1.807) is 29.2 Å². The lowest BCUT2D eigenvalue weighted by atomic mass is 10.1. The van der Waals surface area contributed by atoms with Crippen LogP contribution < -0.4 is 4.90 Å². The van der Waals surface area contributed by atoms with Gasteiger partial charge in [-0.2, -0.15) is 0 Å². The number of carbonyl (C=O) groups excluding carboxylic acids is 3. The topological polar surface area (TPSA) is 63.7 Å². The first-order valence-corrected chi connectivity index (χ1v) is 8.77. The van der Waals surface area contributed by atoms with Gasteiger partial charge in [0.15, 0.2) is 12.4 Å². The maximum Gasteiger partial charge on any atom is 0.340 e. The first kappa shape index (κ1) is 18.4. The summed E-state index contributed by atoms with van der Waals surface area (Å²) in [4.78, 5) is 37.7. The summed E-state index contributed by atoms with van der Waals surface area (Å²) < 4.78 is 5.03. The van der Waals surface area contributed by atoms with Crippen LogP contribution in [0.25, 0.3) is 0 Å². The van der Waals surface area contributed by atoms with Gasteiger partial charge in [-0.05, 0) is 48.9 Å². The van der Waals surface area contributed by atoms with Crippen LogP contribution in [0.2, 0.25) is 10.0 Å². The molecule has 0 radical (unpaired) electrons. The second-order valence-electron chi connectivity index (χ2n) is 5.82. The molecule has 2 aromatic rings. The van der Waals surface area contributed by atoms with Crippen LogP contribution in [0.3, 0.4) is 0 Å². The van der Waals surface area contributed by atoms with Crippen LogP contribution in [-0.2, 0) is 9.53 Å². The number of ketones is 1. The number of halogens is 2. The number of esters is 1. The molecule has 1 aliphatic heterocycles. The Morgan fingerprint density at radius 2 is 1.81 bits per heavy atom. The molecular weight excluding hydrogens is 377 g/mol. The second-order valence-corrected chi connectivity index (χ2v) is 6.66. The van der Waals surface area contributed by atoms with Crippen molar-refractivity contribution < 1.29 is 19.1 Å². The fraction of sp³-hybridized carbons (Fsp3) is 0.211. The molecule has 1 aliphatic rings. The van der Waals surface area contributed by atoms with Crippen molar-refractivity contribution in [2.75, 3.05) is 18.1 Å². The SMILES string of the molecule is O=C(COC(=O)c1ccc(Cl)cc1Cl)c1ccc(N2CCCC2=O)cc1. The van der Waals surface area contributed by atoms with Gasteiger partial charge in [0.05, 0.1) is 10.6 Å². The van der Waals surface area contributed by atoms with Crippen molar-refractivity contribution in [1.29, 1.82) is 0 Å². The van der Waals surface area contributed by atoms with Crippen molar-refractivity contribution in [2.24, 2.45) is 0 Å². The Kier molecular flexibility index (Phi) is 5.59. The monoisotopic (exact) mass is 391 g/mol. The smallest absolute Gasteiger partial charge is 0.340 e. The van der Waals surface area contributed by atoms with E-state index >= 15 is 0 Å². The predicted octanol–water partition coefficient (Wildman–Crippen LogP) is 4.16. The summed E-state index contributed by atoms with van der Waals surface area (Å²) >= 11 is 11.7. The van der Waals surface area contributed by atoms with Crippen molar-refractivity contribution in [1.82, 2.24) is 0 Å². The Bertz CT molecular complexity index is 864. The van der Waals surface area contributed by atoms with Crippen molar-refractivity contribution in [3.05, 3.63) is 63.6 Å². The Hall–Kier alpha value is -2.37. The lowest BCUT2D eigenvalue weighted by Gasteiger charge is -2.15. The van der Waals surface area contributed by atoms with Crippen molar-refractivity contribution >= 4 is 46.5 Å². The highest BCUT2D eigenvalue weighted by atomic mass is 35.5.